The number of nitrogens with one attached hydrogen (secondary N) is 1. The van der Waals surface area contributed by atoms with E-state index in [0.717, 1.165) is 18.7 Å². The number of aromatic amines is 1. The molecule has 0 radical (unpaired) electrons. The summed E-state index contributed by atoms with van der Waals surface area (Å²) < 4.78 is 7.10. The van der Waals surface area contributed by atoms with Crippen LogP contribution in [0, 0.1) is 5.92 Å². The Bertz CT molecular complexity index is 1090. The summed E-state index contributed by atoms with van der Waals surface area (Å²) in [4.78, 5) is 16.9. The fourth-order valence-electron chi connectivity index (χ4n) is 5.12. The van der Waals surface area contributed by atoms with E-state index in [1.807, 2.05) is 0 Å². The fraction of sp³-hybridized carbons (Fsp3) is 0.368. The number of para-hydroxylation sites is 1. The van der Waals surface area contributed by atoms with Crippen LogP contribution in [0.3, 0.4) is 0 Å². The quantitative estimate of drug-likeness (QED) is 0.743. The molecule has 0 aliphatic carbocycles. The zero-order valence-corrected chi connectivity index (χ0v) is 13.7. The van der Waals surface area contributed by atoms with Crippen molar-refractivity contribution in [2.45, 2.75) is 25.3 Å². The molecule has 25 heavy (non-hydrogen) atoms. The molecule has 1 saturated heterocycles. The molecule has 5 heterocycles. The Hall–Kier alpha value is -2.60. The number of nitrogens with zero attached hydrogens (tertiary/aromatic N) is 3. The van der Waals surface area contributed by atoms with E-state index in [4.69, 9.17) is 4.52 Å². The minimum absolute atomic E-state index is 0.437. The van der Waals surface area contributed by atoms with Crippen molar-refractivity contribution in [1.29, 1.82) is 0 Å². The van der Waals surface area contributed by atoms with Crippen LogP contribution >= 0.6 is 0 Å². The van der Waals surface area contributed by atoms with Crippen LogP contribution in [0.4, 0.5) is 0 Å². The summed E-state index contributed by atoms with van der Waals surface area (Å²) in [6.45, 7) is 2.30. The van der Waals surface area contributed by atoms with E-state index in [0.29, 0.717) is 17.8 Å². The molecule has 6 rings (SSSR count). The summed E-state index contributed by atoms with van der Waals surface area (Å²) in [5, 5.41) is 5.30. The molecule has 3 aromatic rings. The normalized spacial score (nSPS) is 25.0. The van der Waals surface area contributed by atoms with Crippen molar-refractivity contribution < 1.29 is 4.52 Å². The number of benzene rings is 1. The first-order valence-electron chi connectivity index (χ1n) is 8.96. The van der Waals surface area contributed by atoms with Crippen molar-refractivity contribution in [3.8, 4) is 0 Å². The molecule has 1 unspecified atom stereocenters. The smallest absolute Gasteiger partial charge is 0.308 e. The molecule has 0 saturated carbocycles. The topological polar surface area (TPSA) is 67.1 Å². The van der Waals surface area contributed by atoms with Crippen molar-refractivity contribution in [2.75, 3.05) is 13.1 Å². The average Bonchev–Trinajstić information content (AvgIpc) is 3.22. The summed E-state index contributed by atoms with van der Waals surface area (Å²) in [6.07, 6.45) is 5.76. The predicted octanol–water partition coefficient (Wildman–Crippen LogP) is 2.53. The van der Waals surface area contributed by atoms with Crippen LogP contribution < -0.4 is 5.76 Å². The summed E-state index contributed by atoms with van der Waals surface area (Å²) in [5.41, 5.74) is 4.99. The lowest BCUT2D eigenvalue weighted by atomic mass is 9.80. The first kappa shape index (κ1) is 13.7. The number of rotatable bonds is 1. The van der Waals surface area contributed by atoms with Gasteiger partial charge in [-0.05, 0) is 37.4 Å². The standard InChI is InChI=1S/C19H18N4O2/c24-19-20-18(21-25-19)15-10-11-4-3-8-22-9-7-13-12-5-1-2-6-14(12)23(15)17(13)16(11)22/h1-2,5-6,10-11,16H,3-4,7-9H2,(H,20,21,24)/t11?,16-/m0/s1. The van der Waals surface area contributed by atoms with Crippen LogP contribution in [-0.4, -0.2) is 32.7 Å². The Kier molecular flexibility index (Phi) is 2.58. The second-order valence-corrected chi connectivity index (χ2v) is 7.25. The molecule has 1 aromatic carbocycles. The minimum Gasteiger partial charge on any atom is -0.308 e. The van der Waals surface area contributed by atoms with Crippen LogP contribution in [-0.2, 0) is 6.42 Å². The largest absolute Gasteiger partial charge is 0.439 e. The van der Waals surface area contributed by atoms with Gasteiger partial charge in [-0.15, -0.1) is 0 Å². The maximum atomic E-state index is 11.5. The van der Waals surface area contributed by atoms with Gasteiger partial charge in [0, 0.05) is 23.5 Å². The molecule has 6 heteroatoms. The molecule has 2 atom stereocenters. The Labute approximate surface area is 143 Å². The zero-order valence-electron chi connectivity index (χ0n) is 13.7. The van der Waals surface area contributed by atoms with Gasteiger partial charge in [0.2, 0.25) is 0 Å². The van der Waals surface area contributed by atoms with Gasteiger partial charge in [-0.25, -0.2) is 4.79 Å². The molecule has 0 spiro atoms. The molecule has 2 aromatic heterocycles. The lowest BCUT2D eigenvalue weighted by Crippen LogP contribution is -2.45. The second-order valence-electron chi connectivity index (χ2n) is 7.25. The first-order chi connectivity index (χ1) is 12.3. The number of aromatic nitrogens is 3. The molecule has 0 amide bonds. The molecule has 3 aliphatic heterocycles. The van der Waals surface area contributed by atoms with E-state index in [9.17, 15) is 4.79 Å². The molecule has 3 aliphatic rings. The third kappa shape index (κ3) is 1.72. The van der Waals surface area contributed by atoms with Gasteiger partial charge in [0.15, 0.2) is 5.82 Å². The highest BCUT2D eigenvalue weighted by Crippen LogP contribution is 2.49. The third-order valence-electron chi connectivity index (χ3n) is 6.03. The van der Waals surface area contributed by atoms with E-state index >= 15 is 0 Å². The van der Waals surface area contributed by atoms with Gasteiger partial charge in [0.05, 0.1) is 17.3 Å². The lowest BCUT2D eigenvalue weighted by molar-refractivity contribution is 0.0976. The van der Waals surface area contributed by atoms with Crippen LogP contribution in [0.25, 0.3) is 16.6 Å². The highest BCUT2D eigenvalue weighted by Gasteiger charge is 2.42. The number of hydrogen-bond acceptors (Lipinski definition) is 4. The van der Waals surface area contributed by atoms with Gasteiger partial charge < -0.3 is 4.57 Å². The van der Waals surface area contributed by atoms with Gasteiger partial charge in [0.25, 0.3) is 0 Å². The van der Waals surface area contributed by atoms with Crippen LogP contribution in [0.15, 0.2) is 39.7 Å². The van der Waals surface area contributed by atoms with Crippen LogP contribution in [0.2, 0.25) is 0 Å². The lowest BCUT2D eigenvalue weighted by Gasteiger charge is -2.46. The van der Waals surface area contributed by atoms with Gasteiger partial charge >= 0.3 is 5.76 Å². The Balaban J connectivity index is 1.72. The van der Waals surface area contributed by atoms with Crippen molar-refractivity contribution in [3.63, 3.8) is 0 Å². The van der Waals surface area contributed by atoms with E-state index in [2.05, 4.69) is 49.9 Å². The van der Waals surface area contributed by atoms with Gasteiger partial charge in [-0.1, -0.05) is 29.4 Å². The molecule has 1 N–H and O–H groups in total. The molecule has 6 nitrogen and oxygen atoms in total. The number of H-pyrrole nitrogens is 1. The van der Waals surface area contributed by atoms with E-state index in [-0.39, 0.29) is 0 Å². The minimum atomic E-state index is -0.506. The maximum Gasteiger partial charge on any atom is 0.439 e. The SMILES string of the molecule is O=c1[nH]c(C2=CC3CCCN4CCc5c(n2c2ccccc52)[C@H]34)no1. The van der Waals surface area contributed by atoms with Gasteiger partial charge in [0.1, 0.15) is 0 Å². The van der Waals surface area contributed by atoms with E-state index < -0.39 is 5.76 Å². The molecule has 0 bridgehead atoms. The maximum absolute atomic E-state index is 11.5. The van der Waals surface area contributed by atoms with Crippen molar-refractivity contribution in [1.82, 2.24) is 19.6 Å². The Morgan fingerprint density at radius 1 is 1.24 bits per heavy atom. The highest BCUT2D eigenvalue weighted by atomic mass is 16.5. The Morgan fingerprint density at radius 3 is 3.04 bits per heavy atom. The molecular formula is C19H18N4O2. The summed E-state index contributed by atoms with van der Waals surface area (Å²) in [7, 11) is 0. The zero-order chi connectivity index (χ0) is 16.5. The summed E-state index contributed by atoms with van der Waals surface area (Å²) in [5.74, 6) is 0.475. The number of hydrogen-bond donors (Lipinski definition) is 1. The molecule has 1 fully saturated rings. The van der Waals surface area contributed by atoms with Crippen molar-refractivity contribution in [3.05, 3.63) is 58.0 Å². The number of piperidine rings is 1. The van der Waals surface area contributed by atoms with Gasteiger partial charge in [-0.3, -0.25) is 14.4 Å². The summed E-state index contributed by atoms with van der Waals surface area (Å²) >= 11 is 0. The fourth-order valence-corrected chi connectivity index (χ4v) is 5.12. The molecule has 126 valence electrons. The average molecular weight is 334 g/mol. The third-order valence-corrected chi connectivity index (χ3v) is 6.03. The van der Waals surface area contributed by atoms with E-state index in [1.165, 1.54) is 41.5 Å². The van der Waals surface area contributed by atoms with E-state index in [1.54, 1.807) is 0 Å². The van der Waals surface area contributed by atoms with Crippen LogP contribution in [0.5, 0.6) is 0 Å². The van der Waals surface area contributed by atoms with Gasteiger partial charge in [-0.2, -0.15) is 0 Å². The highest BCUT2D eigenvalue weighted by molar-refractivity contribution is 5.91. The second kappa shape index (κ2) is 4.73. The molecular weight excluding hydrogens is 316 g/mol. The van der Waals surface area contributed by atoms with Crippen molar-refractivity contribution in [2.24, 2.45) is 5.92 Å². The van der Waals surface area contributed by atoms with Crippen molar-refractivity contribution >= 4 is 16.6 Å². The Morgan fingerprint density at radius 2 is 2.16 bits per heavy atom. The van der Waals surface area contributed by atoms with Crippen LogP contribution in [0.1, 0.15) is 36.0 Å². The predicted molar refractivity (Wildman–Crippen MR) is 93.2 cm³/mol. The monoisotopic (exact) mass is 334 g/mol. The first-order valence-corrected chi connectivity index (χ1v) is 8.96. The summed E-state index contributed by atoms with van der Waals surface area (Å²) in [6, 6.07) is 8.99. The number of fused-ring (bicyclic) bond motifs is 3.